The van der Waals surface area contributed by atoms with E-state index in [4.69, 9.17) is 9.47 Å². The highest BCUT2D eigenvalue weighted by Crippen LogP contribution is 2.40. The van der Waals surface area contributed by atoms with Gasteiger partial charge in [0.15, 0.2) is 11.5 Å². The molecule has 0 aromatic heterocycles. The van der Waals surface area contributed by atoms with Crippen molar-refractivity contribution in [1.82, 2.24) is 10.2 Å². The Kier molecular flexibility index (Phi) is 8.59. The third kappa shape index (κ3) is 6.42. The molecule has 2 aliphatic heterocycles. The maximum Gasteiger partial charge on any atom is 0.262 e. The molecule has 0 bridgehead atoms. The van der Waals surface area contributed by atoms with Crippen LogP contribution in [0.4, 0.5) is 5.69 Å². The van der Waals surface area contributed by atoms with E-state index in [0.29, 0.717) is 34.2 Å². The van der Waals surface area contributed by atoms with Crippen molar-refractivity contribution < 1.29 is 19.1 Å². The number of carbonyl (C=O) groups excluding carboxylic acids is 2. The number of piperidine rings is 1. The van der Waals surface area contributed by atoms with Gasteiger partial charge < -0.3 is 25.0 Å². The van der Waals surface area contributed by atoms with E-state index in [1.54, 1.807) is 26.4 Å². The van der Waals surface area contributed by atoms with E-state index in [2.05, 4.69) is 29.4 Å². The summed E-state index contributed by atoms with van der Waals surface area (Å²) in [6, 6.07) is 10.9. The van der Waals surface area contributed by atoms with Crippen LogP contribution in [0.5, 0.6) is 11.5 Å². The Hall–Kier alpha value is -2.97. The minimum absolute atomic E-state index is 0.121. The van der Waals surface area contributed by atoms with Crippen LogP contribution in [0.1, 0.15) is 42.6 Å². The van der Waals surface area contributed by atoms with Crippen molar-refractivity contribution >= 4 is 35.3 Å². The summed E-state index contributed by atoms with van der Waals surface area (Å²) in [4.78, 5) is 29.4. The molecular formula is C28H35N3O4S. The first-order valence-corrected chi connectivity index (χ1v) is 13.3. The van der Waals surface area contributed by atoms with Gasteiger partial charge in [0, 0.05) is 30.1 Å². The SMILES string of the molecule is COc1ccc(/C=C2/Sc3ccc(C(=O)NCCCN4C[C@H](C)C[C@@H](C)C4)cc3NC2=O)cc1OC. The van der Waals surface area contributed by atoms with E-state index in [1.807, 2.05) is 30.3 Å². The largest absolute Gasteiger partial charge is 0.493 e. The van der Waals surface area contributed by atoms with Gasteiger partial charge in [-0.1, -0.05) is 31.7 Å². The molecule has 8 heteroatoms. The minimum Gasteiger partial charge on any atom is -0.493 e. The molecule has 2 heterocycles. The predicted octanol–water partition coefficient (Wildman–Crippen LogP) is 4.89. The molecule has 2 atom stereocenters. The second-order valence-electron chi connectivity index (χ2n) is 9.71. The standard InChI is InChI=1S/C28H35N3O4S/c1-18-12-19(2)17-31(16-18)11-5-10-29-27(32)21-7-9-25-22(15-21)30-28(33)26(36-25)14-20-6-8-23(34-3)24(13-20)35-4/h6-9,13-15,18-19H,5,10-12,16-17H2,1-4H3,(H,29,32)(H,30,33)/b26-14+/t18-,19-/m1/s1. The Labute approximate surface area is 217 Å². The minimum atomic E-state index is -0.204. The molecule has 192 valence electrons. The lowest BCUT2D eigenvalue weighted by molar-refractivity contribution is -0.112. The summed E-state index contributed by atoms with van der Waals surface area (Å²) in [5.41, 5.74) is 2.03. The molecule has 2 amide bonds. The van der Waals surface area contributed by atoms with Crippen molar-refractivity contribution in [2.45, 2.75) is 31.6 Å². The fraction of sp³-hybridized carbons (Fsp3) is 0.429. The van der Waals surface area contributed by atoms with E-state index in [-0.39, 0.29) is 11.8 Å². The quantitative estimate of drug-likeness (QED) is 0.390. The Morgan fingerprint density at radius 1 is 1.11 bits per heavy atom. The van der Waals surface area contributed by atoms with Gasteiger partial charge in [0.05, 0.1) is 24.8 Å². The first-order chi connectivity index (χ1) is 17.4. The van der Waals surface area contributed by atoms with E-state index in [9.17, 15) is 9.59 Å². The van der Waals surface area contributed by atoms with Gasteiger partial charge in [0.1, 0.15) is 0 Å². The van der Waals surface area contributed by atoms with Gasteiger partial charge in [-0.25, -0.2) is 0 Å². The van der Waals surface area contributed by atoms with Crippen LogP contribution in [0.2, 0.25) is 0 Å². The zero-order valence-corrected chi connectivity index (χ0v) is 22.2. The fourth-order valence-electron chi connectivity index (χ4n) is 4.98. The molecule has 36 heavy (non-hydrogen) atoms. The van der Waals surface area contributed by atoms with E-state index in [0.717, 1.165) is 48.3 Å². The monoisotopic (exact) mass is 509 g/mol. The Balaban J connectivity index is 1.34. The number of nitrogens with zero attached hydrogens (tertiary/aromatic N) is 1. The molecule has 0 aliphatic carbocycles. The Morgan fingerprint density at radius 3 is 2.58 bits per heavy atom. The van der Waals surface area contributed by atoms with Crippen LogP contribution in [0.15, 0.2) is 46.2 Å². The molecule has 0 radical (unpaired) electrons. The van der Waals surface area contributed by atoms with E-state index < -0.39 is 0 Å². The van der Waals surface area contributed by atoms with Crippen molar-refractivity contribution in [3.63, 3.8) is 0 Å². The zero-order valence-electron chi connectivity index (χ0n) is 21.4. The van der Waals surface area contributed by atoms with Crippen molar-refractivity contribution in [1.29, 1.82) is 0 Å². The first-order valence-electron chi connectivity index (χ1n) is 12.4. The highest BCUT2D eigenvalue weighted by Gasteiger charge is 2.23. The van der Waals surface area contributed by atoms with Gasteiger partial charge in [-0.05, 0) is 73.2 Å². The van der Waals surface area contributed by atoms with E-state index >= 15 is 0 Å². The molecule has 0 saturated carbocycles. The number of anilines is 1. The number of hydrogen-bond acceptors (Lipinski definition) is 6. The molecule has 4 rings (SSSR count). The van der Waals surface area contributed by atoms with Crippen molar-refractivity contribution in [3.05, 3.63) is 52.4 Å². The second kappa shape index (κ2) is 11.8. The van der Waals surface area contributed by atoms with Gasteiger partial charge in [0.25, 0.3) is 11.8 Å². The fourth-order valence-corrected chi connectivity index (χ4v) is 5.91. The number of ether oxygens (including phenoxy) is 2. The molecule has 2 aromatic rings. The maximum absolute atomic E-state index is 12.8. The van der Waals surface area contributed by atoms with E-state index in [1.165, 1.54) is 18.2 Å². The molecule has 0 spiro atoms. The second-order valence-corrected chi connectivity index (χ2v) is 10.8. The van der Waals surface area contributed by atoms with Gasteiger partial charge in [0.2, 0.25) is 0 Å². The summed E-state index contributed by atoms with van der Waals surface area (Å²) in [6.07, 6.45) is 4.04. The van der Waals surface area contributed by atoms with Crippen LogP contribution in [0.25, 0.3) is 6.08 Å². The lowest BCUT2D eigenvalue weighted by atomic mass is 9.92. The summed E-state index contributed by atoms with van der Waals surface area (Å²) < 4.78 is 10.6. The van der Waals surface area contributed by atoms with Gasteiger partial charge >= 0.3 is 0 Å². The normalized spacial score (nSPS) is 21.0. The number of amides is 2. The van der Waals surface area contributed by atoms with Crippen molar-refractivity contribution in [2.75, 3.05) is 45.7 Å². The topological polar surface area (TPSA) is 79.9 Å². The van der Waals surface area contributed by atoms with Crippen molar-refractivity contribution in [2.24, 2.45) is 11.8 Å². The van der Waals surface area contributed by atoms with Gasteiger partial charge in [-0.3, -0.25) is 9.59 Å². The lowest BCUT2D eigenvalue weighted by Crippen LogP contribution is -2.40. The lowest BCUT2D eigenvalue weighted by Gasteiger charge is -2.34. The van der Waals surface area contributed by atoms with Gasteiger partial charge in [-0.15, -0.1) is 0 Å². The van der Waals surface area contributed by atoms with Gasteiger partial charge in [-0.2, -0.15) is 0 Å². The summed E-state index contributed by atoms with van der Waals surface area (Å²) in [5, 5.41) is 5.95. The molecule has 0 unspecified atom stereocenters. The number of fused-ring (bicyclic) bond motifs is 1. The van der Waals surface area contributed by atoms with Crippen molar-refractivity contribution in [3.8, 4) is 11.5 Å². The average molecular weight is 510 g/mol. The number of likely N-dealkylation sites (tertiary alicyclic amines) is 1. The van der Waals surface area contributed by atoms with Crippen LogP contribution >= 0.6 is 11.8 Å². The number of thioether (sulfide) groups is 1. The molecular weight excluding hydrogens is 474 g/mol. The van der Waals surface area contributed by atoms with Crippen LogP contribution in [0.3, 0.4) is 0 Å². The highest BCUT2D eigenvalue weighted by atomic mass is 32.2. The summed E-state index contributed by atoms with van der Waals surface area (Å²) >= 11 is 1.38. The molecule has 2 aliphatic rings. The van der Waals surface area contributed by atoms with Crippen LogP contribution in [-0.2, 0) is 4.79 Å². The van der Waals surface area contributed by atoms with Crippen LogP contribution < -0.4 is 20.1 Å². The third-order valence-electron chi connectivity index (χ3n) is 6.52. The Bertz CT molecular complexity index is 1140. The average Bonchev–Trinajstić information content (AvgIpc) is 2.86. The first kappa shape index (κ1) is 26.1. The number of rotatable bonds is 8. The smallest absolute Gasteiger partial charge is 0.262 e. The number of nitrogens with one attached hydrogen (secondary N) is 2. The third-order valence-corrected chi connectivity index (χ3v) is 7.62. The van der Waals surface area contributed by atoms with Crippen LogP contribution in [-0.4, -0.2) is 57.1 Å². The summed E-state index contributed by atoms with van der Waals surface area (Å²) in [7, 11) is 3.17. The number of methoxy groups -OCH3 is 2. The predicted molar refractivity (Wildman–Crippen MR) is 145 cm³/mol. The Morgan fingerprint density at radius 2 is 1.86 bits per heavy atom. The molecule has 7 nitrogen and oxygen atoms in total. The summed E-state index contributed by atoms with van der Waals surface area (Å²) in [5.74, 6) is 2.38. The van der Waals surface area contributed by atoms with Crippen LogP contribution in [0, 0.1) is 11.8 Å². The summed E-state index contributed by atoms with van der Waals surface area (Å²) in [6.45, 7) is 8.54. The maximum atomic E-state index is 12.8. The zero-order chi connectivity index (χ0) is 25.7. The molecule has 1 saturated heterocycles. The molecule has 2 aromatic carbocycles. The molecule has 2 N–H and O–H groups in total. The highest BCUT2D eigenvalue weighted by molar-refractivity contribution is 8.04. The number of carbonyl (C=O) groups is 2. The number of hydrogen-bond donors (Lipinski definition) is 2. The number of benzene rings is 2. The molecule has 1 fully saturated rings.